The van der Waals surface area contributed by atoms with Crippen molar-refractivity contribution in [2.75, 3.05) is 26.3 Å². The van der Waals surface area contributed by atoms with Gasteiger partial charge >= 0.3 is 0 Å². The highest BCUT2D eigenvalue weighted by molar-refractivity contribution is 5.30. The lowest BCUT2D eigenvalue weighted by molar-refractivity contribution is -0.934. The Morgan fingerprint density at radius 1 is 0.966 bits per heavy atom. The van der Waals surface area contributed by atoms with Gasteiger partial charge in [0.1, 0.15) is 30.4 Å². The van der Waals surface area contributed by atoms with Crippen molar-refractivity contribution in [3.05, 3.63) is 71.3 Å². The molecule has 0 bridgehead atoms. The normalized spacial score (nSPS) is 20.7. The number of piperidine rings is 1. The minimum atomic E-state index is -0.660. The zero-order valence-electron chi connectivity index (χ0n) is 16.6. The minimum Gasteiger partial charge on any atom is -0.396 e. The number of halogens is 2. The first-order valence-corrected chi connectivity index (χ1v) is 10.3. The first-order valence-electron chi connectivity index (χ1n) is 10.3. The summed E-state index contributed by atoms with van der Waals surface area (Å²) in [5, 5.41) is 19.9. The van der Waals surface area contributed by atoms with Crippen LogP contribution in [0.3, 0.4) is 0 Å². The fourth-order valence-corrected chi connectivity index (χ4v) is 4.15. The van der Waals surface area contributed by atoms with Gasteiger partial charge in [-0.1, -0.05) is 24.3 Å². The summed E-state index contributed by atoms with van der Waals surface area (Å²) < 4.78 is 32.7. The Balaban J connectivity index is 1.66. The van der Waals surface area contributed by atoms with Crippen LogP contribution in [0.4, 0.5) is 8.78 Å². The Morgan fingerprint density at radius 2 is 1.55 bits per heavy atom. The molecule has 158 valence electrons. The third-order valence-electron chi connectivity index (χ3n) is 5.65. The van der Waals surface area contributed by atoms with Crippen LogP contribution in [0, 0.1) is 11.6 Å². The van der Waals surface area contributed by atoms with E-state index in [0.29, 0.717) is 12.6 Å². The van der Waals surface area contributed by atoms with Crippen molar-refractivity contribution in [1.82, 2.24) is 0 Å². The summed E-state index contributed by atoms with van der Waals surface area (Å²) >= 11 is 0. The molecule has 0 saturated carbocycles. The predicted molar refractivity (Wildman–Crippen MR) is 107 cm³/mol. The van der Waals surface area contributed by atoms with E-state index in [1.807, 2.05) is 0 Å². The predicted octanol–water partition coefficient (Wildman–Crippen LogP) is 2.25. The summed E-state index contributed by atoms with van der Waals surface area (Å²) in [6, 6.07) is 12.4. The summed E-state index contributed by atoms with van der Waals surface area (Å²) in [4.78, 5) is 1.31. The Bertz CT molecular complexity index is 691. The largest absolute Gasteiger partial charge is 0.396 e. The second kappa shape index (κ2) is 10.8. The van der Waals surface area contributed by atoms with Gasteiger partial charge in [-0.25, -0.2) is 8.78 Å². The number of aliphatic hydroxyl groups is 2. The summed E-state index contributed by atoms with van der Waals surface area (Å²) in [5.74, 6) is -0.675. The van der Waals surface area contributed by atoms with E-state index in [0.717, 1.165) is 43.4 Å². The molecule has 3 N–H and O–H groups in total. The van der Waals surface area contributed by atoms with Crippen molar-refractivity contribution < 1.29 is 28.6 Å². The Hall–Kier alpha value is -1.86. The molecule has 1 unspecified atom stereocenters. The summed E-state index contributed by atoms with van der Waals surface area (Å²) in [5.41, 5.74) is 1.49. The average Bonchev–Trinajstić information content (AvgIpc) is 2.72. The molecule has 0 aromatic heterocycles. The van der Waals surface area contributed by atoms with Crippen molar-refractivity contribution >= 4 is 0 Å². The average molecular weight is 406 g/mol. The molecule has 2 aromatic rings. The molecule has 3 rings (SSSR count). The van der Waals surface area contributed by atoms with Gasteiger partial charge < -0.3 is 19.8 Å². The van der Waals surface area contributed by atoms with E-state index in [4.69, 9.17) is 4.74 Å². The van der Waals surface area contributed by atoms with Crippen LogP contribution in [0.2, 0.25) is 0 Å². The zero-order chi connectivity index (χ0) is 20.6. The molecule has 1 fully saturated rings. The van der Waals surface area contributed by atoms with E-state index < -0.39 is 12.2 Å². The van der Waals surface area contributed by atoms with Gasteiger partial charge in [-0.3, -0.25) is 0 Å². The second-order valence-corrected chi connectivity index (χ2v) is 7.79. The lowest BCUT2D eigenvalue weighted by Gasteiger charge is -2.33. The van der Waals surface area contributed by atoms with Crippen molar-refractivity contribution in [2.45, 2.75) is 43.9 Å². The molecule has 29 heavy (non-hydrogen) atoms. The Labute approximate surface area is 170 Å². The number of rotatable bonds is 9. The molecule has 4 nitrogen and oxygen atoms in total. The molecule has 2 aromatic carbocycles. The Kier molecular flexibility index (Phi) is 8.12. The van der Waals surface area contributed by atoms with Crippen molar-refractivity contribution in [3.8, 4) is 0 Å². The van der Waals surface area contributed by atoms with Crippen LogP contribution >= 0.6 is 0 Å². The van der Waals surface area contributed by atoms with Crippen LogP contribution in [0.1, 0.15) is 42.9 Å². The standard InChI is InChI=1S/C23H29F2NO3/c24-19-8-4-17(5-9-19)23(18-6-10-20(25)11-7-18)29-16-22(28)15-26-13-2-1-3-21(26)12-14-27/h4-11,21-23,27-28H,1-3,12-16H2/p+1/t21-,22-/m1/s1. The first-order chi connectivity index (χ1) is 14.1. The summed E-state index contributed by atoms with van der Waals surface area (Å²) in [6.45, 7) is 1.83. The van der Waals surface area contributed by atoms with Gasteiger partial charge in [0.2, 0.25) is 0 Å². The fraction of sp³-hybridized carbons (Fsp3) is 0.478. The highest BCUT2D eigenvalue weighted by atomic mass is 19.1. The molecule has 1 aliphatic heterocycles. The van der Waals surface area contributed by atoms with Crippen LogP contribution in [0.5, 0.6) is 0 Å². The van der Waals surface area contributed by atoms with Crippen molar-refractivity contribution in [1.29, 1.82) is 0 Å². The number of nitrogens with one attached hydrogen (secondary N) is 1. The van der Waals surface area contributed by atoms with Gasteiger partial charge in [-0.2, -0.15) is 0 Å². The zero-order valence-corrected chi connectivity index (χ0v) is 16.6. The van der Waals surface area contributed by atoms with Gasteiger partial charge in [0.05, 0.1) is 19.2 Å². The quantitative estimate of drug-likeness (QED) is 0.599. The molecule has 1 saturated heterocycles. The van der Waals surface area contributed by atoms with E-state index in [1.165, 1.54) is 29.2 Å². The van der Waals surface area contributed by atoms with E-state index in [9.17, 15) is 19.0 Å². The number of quaternary nitrogens is 1. The van der Waals surface area contributed by atoms with Gasteiger partial charge in [0.15, 0.2) is 0 Å². The monoisotopic (exact) mass is 406 g/mol. The fourth-order valence-electron chi connectivity index (χ4n) is 4.15. The van der Waals surface area contributed by atoms with Gasteiger partial charge in [0.25, 0.3) is 0 Å². The van der Waals surface area contributed by atoms with E-state index in [-0.39, 0.29) is 24.8 Å². The van der Waals surface area contributed by atoms with E-state index in [1.54, 1.807) is 24.3 Å². The van der Waals surface area contributed by atoms with Crippen LogP contribution in [-0.2, 0) is 4.74 Å². The van der Waals surface area contributed by atoms with Gasteiger partial charge in [-0.15, -0.1) is 0 Å². The lowest BCUT2D eigenvalue weighted by Crippen LogP contribution is -3.17. The number of ether oxygens (including phenoxy) is 1. The molecule has 0 aliphatic carbocycles. The van der Waals surface area contributed by atoms with E-state index in [2.05, 4.69) is 0 Å². The minimum absolute atomic E-state index is 0.120. The van der Waals surface area contributed by atoms with Crippen molar-refractivity contribution in [3.63, 3.8) is 0 Å². The number of likely N-dealkylation sites (tertiary alicyclic amines) is 1. The van der Waals surface area contributed by atoms with Crippen LogP contribution in [0.15, 0.2) is 48.5 Å². The lowest BCUT2D eigenvalue weighted by atomic mass is 9.99. The molecule has 6 heteroatoms. The molecule has 0 radical (unpaired) electrons. The highest BCUT2D eigenvalue weighted by Crippen LogP contribution is 2.26. The molecule has 3 atom stereocenters. The molecular weight excluding hydrogens is 376 g/mol. The third-order valence-corrected chi connectivity index (χ3v) is 5.65. The van der Waals surface area contributed by atoms with Crippen LogP contribution in [-0.4, -0.2) is 48.7 Å². The van der Waals surface area contributed by atoms with Crippen LogP contribution < -0.4 is 4.90 Å². The molecule has 0 spiro atoms. The maximum Gasteiger partial charge on any atom is 0.126 e. The smallest absolute Gasteiger partial charge is 0.126 e. The number of aliphatic hydroxyl groups excluding tert-OH is 2. The molecule has 0 amide bonds. The maximum atomic E-state index is 13.3. The highest BCUT2D eigenvalue weighted by Gasteiger charge is 2.28. The SMILES string of the molecule is OCC[C@H]1CCCC[NH+]1C[C@@H](O)COC(c1ccc(F)cc1)c1ccc(F)cc1. The molecule has 1 heterocycles. The topological polar surface area (TPSA) is 54.1 Å². The first kappa shape index (κ1) is 21.8. The van der Waals surface area contributed by atoms with Crippen molar-refractivity contribution in [2.24, 2.45) is 0 Å². The molecule has 1 aliphatic rings. The molecular formula is C23H30F2NO3+. The van der Waals surface area contributed by atoms with Gasteiger partial charge in [0, 0.05) is 13.0 Å². The number of hydrogen-bond acceptors (Lipinski definition) is 3. The summed E-state index contributed by atoms with van der Waals surface area (Å²) in [7, 11) is 0. The van der Waals surface area contributed by atoms with Gasteiger partial charge in [-0.05, 0) is 54.7 Å². The van der Waals surface area contributed by atoms with Crippen LogP contribution in [0.25, 0.3) is 0 Å². The Morgan fingerprint density at radius 3 is 2.10 bits per heavy atom. The summed E-state index contributed by atoms with van der Waals surface area (Å²) in [6.07, 6.45) is 2.92. The van der Waals surface area contributed by atoms with E-state index >= 15 is 0 Å². The number of benzene rings is 2. The number of hydrogen-bond donors (Lipinski definition) is 3. The third kappa shape index (κ3) is 6.31. The maximum absolute atomic E-state index is 13.3. The second-order valence-electron chi connectivity index (χ2n) is 7.79.